The monoisotopic (exact) mass is 606 g/mol. The lowest BCUT2D eigenvalue weighted by molar-refractivity contribution is -0.615. The van der Waals surface area contributed by atoms with Crippen LogP contribution < -0.4 is 4.73 Å². The van der Waals surface area contributed by atoms with Crippen LogP contribution in [0.3, 0.4) is 0 Å². The largest absolute Gasteiger partial charge is 0.618 e. The Balaban J connectivity index is 1.55. The summed E-state index contributed by atoms with van der Waals surface area (Å²) in [7, 11) is 0. The van der Waals surface area contributed by atoms with Crippen LogP contribution in [0.15, 0.2) is 55.4 Å². The molecule has 5 aromatic rings. The molecule has 0 spiro atoms. The Morgan fingerprint density at radius 1 is 1.10 bits per heavy atom. The summed E-state index contributed by atoms with van der Waals surface area (Å²) in [4.78, 5) is 3.81. The second-order valence-corrected chi connectivity index (χ2v) is 8.94. The number of hydrogen-bond donors (Lipinski definition) is 0. The third-order valence-corrected chi connectivity index (χ3v) is 6.37. The van der Waals surface area contributed by atoms with Crippen LogP contribution in [0.4, 0.5) is 22.0 Å². The smallest absolute Gasteiger partial charge is 0.345 e. The average molecular weight is 607 g/mol. The fourth-order valence-corrected chi connectivity index (χ4v) is 4.40. The van der Waals surface area contributed by atoms with Crippen LogP contribution >= 0.6 is 11.6 Å². The van der Waals surface area contributed by atoms with Gasteiger partial charge in [-0.3, -0.25) is 4.68 Å². The number of hydrogen-bond acceptors (Lipinski definition) is 8. The van der Waals surface area contributed by atoms with Gasteiger partial charge in [-0.1, -0.05) is 16.8 Å². The van der Waals surface area contributed by atoms with Gasteiger partial charge in [-0.25, -0.2) is 14.1 Å². The van der Waals surface area contributed by atoms with Gasteiger partial charge in [0.1, 0.15) is 18.4 Å². The molecule has 0 aliphatic rings. The number of pyridine rings is 1. The van der Waals surface area contributed by atoms with Gasteiger partial charge in [-0.05, 0) is 18.2 Å². The predicted molar refractivity (Wildman–Crippen MR) is 133 cm³/mol. The number of rotatable bonds is 10. The molecule has 18 heteroatoms. The maximum Gasteiger partial charge on any atom is 0.345 e. The van der Waals surface area contributed by atoms with Gasteiger partial charge in [0.25, 0.3) is 0 Å². The molecule has 0 fully saturated rings. The van der Waals surface area contributed by atoms with Gasteiger partial charge < -0.3 is 9.94 Å². The molecule has 0 saturated carbocycles. The van der Waals surface area contributed by atoms with Crippen molar-refractivity contribution in [3.63, 3.8) is 0 Å². The van der Waals surface area contributed by atoms with Crippen molar-refractivity contribution in [3.8, 4) is 34.3 Å². The second kappa shape index (κ2) is 11.9. The molecule has 0 aliphatic carbocycles. The van der Waals surface area contributed by atoms with E-state index in [4.69, 9.17) is 16.9 Å². The summed E-state index contributed by atoms with van der Waals surface area (Å²) in [5.74, 6) is -1.08. The Morgan fingerprint density at radius 3 is 2.60 bits per heavy atom. The summed E-state index contributed by atoms with van der Waals surface area (Å²) in [5, 5.41) is 37.2. The Morgan fingerprint density at radius 2 is 1.90 bits per heavy atom. The van der Waals surface area contributed by atoms with Crippen molar-refractivity contribution in [1.29, 1.82) is 5.26 Å². The van der Waals surface area contributed by atoms with Gasteiger partial charge in [0, 0.05) is 18.7 Å². The lowest BCUT2D eigenvalue weighted by Crippen LogP contribution is -2.36. The van der Waals surface area contributed by atoms with Gasteiger partial charge in [-0.2, -0.15) is 42.4 Å². The number of halogens is 6. The molecule has 1 aromatic carbocycles. The van der Waals surface area contributed by atoms with Crippen molar-refractivity contribution in [3.05, 3.63) is 82.8 Å². The van der Waals surface area contributed by atoms with Gasteiger partial charge in [0.15, 0.2) is 23.5 Å². The van der Waals surface area contributed by atoms with Crippen LogP contribution in [0.25, 0.3) is 28.2 Å². The van der Waals surface area contributed by atoms with E-state index in [2.05, 4.69) is 30.2 Å². The highest BCUT2D eigenvalue weighted by Gasteiger charge is 2.27. The molecule has 42 heavy (non-hydrogen) atoms. The fourth-order valence-electron chi connectivity index (χ4n) is 4.25. The molecular formula is C24H16ClF5N10O2. The molecule has 4 aromatic heterocycles. The molecule has 0 saturated heterocycles. The van der Waals surface area contributed by atoms with Crippen molar-refractivity contribution in [1.82, 2.24) is 39.5 Å². The van der Waals surface area contributed by atoms with Gasteiger partial charge in [0.05, 0.1) is 46.4 Å². The van der Waals surface area contributed by atoms with Crippen LogP contribution in [0, 0.1) is 22.4 Å². The van der Waals surface area contributed by atoms with Crippen molar-refractivity contribution < 1.29 is 31.4 Å². The number of nitriles is 1. The first-order valence-electron chi connectivity index (χ1n) is 11.8. The van der Waals surface area contributed by atoms with E-state index in [0.717, 1.165) is 17.2 Å². The summed E-state index contributed by atoms with van der Waals surface area (Å²) >= 11 is 6.01. The molecule has 0 radical (unpaired) electrons. The molecule has 1 atom stereocenters. The van der Waals surface area contributed by atoms with E-state index in [9.17, 15) is 22.8 Å². The Bertz CT molecular complexity index is 1770. The van der Waals surface area contributed by atoms with E-state index in [1.807, 2.05) is 6.07 Å². The Kier molecular flexibility index (Phi) is 8.08. The lowest BCUT2D eigenvalue weighted by Gasteiger charge is -2.18. The summed E-state index contributed by atoms with van der Waals surface area (Å²) < 4.78 is 74.8. The molecule has 0 unspecified atom stereocenters. The Hall–Kier alpha value is -4.95. The van der Waals surface area contributed by atoms with E-state index in [1.54, 1.807) is 0 Å². The molecule has 5 rings (SSSR count). The topological polar surface area (TPSA) is 139 Å². The van der Waals surface area contributed by atoms with Crippen molar-refractivity contribution in [2.75, 3.05) is 6.61 Å². The number of aromatic nitrogens is 9. The first-order valence-corrected chi connectivity index (χ1v) is 12.2. The quantitative estimate of drug-likeness (QED) is 0.130. The molecule has 0 N–H and O–H groups in total. The molecule has 4 heterocycles. The highest BCUT2D eigenvalue weighted by molar-refractivity contribution is 6.31. The zero-order valence-corrected chi connectivity index (χ0v) is 21.7. The standard InChI is InChI=1S/C24H16ClF5N10O2/c25-16-2-4-19(38-11-15(7-31)35-36-38)20(21(16)26)13-1-3-18(39(41)10-13)17(5-6-42-24(29)30)37-9-14(8-33-37)22-32-12-34-40(22)23(27)28/h1-4,8-12,17,23-24H,5-6H2/t17-/m1/s1. The SMILES string of the molecule is N#Cc1cn(-c2ccc(Cl)c(F)c2-c2ccc([C@@H](CCOC(F)F)n3cc(-c4ncnn4C(F)F)cn3)[n+]([O-])c2)nn1. The third-order valence-electron chi connectivity index (χ3n) is 6.07. The third kappa shape index (κ3) is 5.62. The van der Waals surface area contributed by atoms with Crippen molar-refractivity contribution in [2.24, 2.45) is 0 Å². The molecule has 216 valence electrons. The lowest BCUT2D eigenvalue weighted by atomic mass is 10.0. The zero-order chi connectivity index (χ0) is 30.0. The summed E-state index contributed by atoms with van der Waals surface area (Å²) in [6.45, 7) is -6.56. The highest BCUT2D eigenvalue weighted by atomic mass is 35.5. The van der Waals surface area contributed by atoms with Crippen molar-refractivity contribution in [2.45, 2.75) is 25.6 Å². The zero-order valence-electron chi connectivity index (χ0n) is 20.9. The van der Waals surface area contributed by atoms with E-state index >= 15 is 4.39 Å². The molecule has 0 aliphatic heterocycles. The van der Waals surface area contributed by atoms with Gasteiger partial charge in [-0.15, -0.1) is 5.10 Å². The summed E-state index contributed by atoms with van der Waals surface area (Å²) in [6, 6.07) is 6.20. The van der Waals surface area contributed by atoms with Gasteiger partial charge >= 0.3 is 13.2 Å². The number of ether oxygens (including phenoxy) is 1. The van der Waals surface area contributed by atoms with Crippen LogP contribution in [0.1, 0.15) is 30.4 Å². The summed E-state index contributed by atoms with van der Waals surface area (Å²) in [5.41, 5.74) is 0.130. The maximum atomic E-state index is 15.3. The molecule has 12 nitrogen and oxygen atoms in total. The Labute approximate surface area is 237 Å². The van der Waals surface area contributed by atoms with E-state index < -0.39 is 31.6 Å². The van der Waals surface area contributed by atoms with Gasteiger partial charge in [0.2, 0.25) is 5.69 Å². The average Bonchev–Trinajstić information content (AvgIpc) is 3.73. The minimum atomic E-state index is -3.08. The molecular weight excluding hydrogens is 591 g/mol. The first-order chi connectivity index (χ1) is 20.2. The van der Waals surface area contributed by atoms with E-state index in [1.165, 1.54) is 47.5 Å². The minimum Gasteiger partial charge on any atom is -0.618 e. The summed E-state index contributed by atoms with van der Waals surface area (Å²) in [6.07, 6.45) is 5.55. The normalized spacial score (nSPS) is 12.3. The van der Waals surface area contributed by atoms with E-state index in [-0.39, 0.29) is 51.0 Å². The molecule has 0 amide bonds. The van der Waals surface area contributed by atoms with E-state index in [0.29, 0.717) is 9.41 Å². The highest BCUT2D eigenvalue weighted by Crippen LogP contribution is 2.34. The second-order valence-electron chi connectivity index (χ2n) is 8.53. The van der Waals surface area contributed by atoms with Crippen LogP contribution in [0.2, 0.25) is 5.02 Å². The van der Waals surface area contributed by atoms with Crippen LogP contribution in [-0.2, 0) is 4.74 Å². The number of benzene rings is 1. The number of nitrogens with zero attached hydrogens (tertiary/aromatic N) is 10. The van der Waals surface area contributed by atoms with Crippen molar-refractivity contribution >= 4 is 11.6 Å². The van der Waals surface area contributed by atoms with Crippen LogP contribution in [0.5, 0.6) is 0 Å². The minimum absolute atomic E-state index is 0.0156. The fraction of sp³-hybridized carbons (Fsp3) is 0.208. The predicted octanol–water partition coefficient (Wildman–Crippen LogP) is 4.30. The first kappa shape index (κ1) is 28.6. The van der Waals surface area contributed by atoms with Crippen LogP contribution in [-0.4, -0.2) is 52.8 Å². The number of alkyl halides is 4. The maximum absolute atomic E-state index is 15.3. The molecule has 0 bridgehead atoms.